The highest BCUT2D eigenvalue weighted by atomic mass is 16.9. The Balaban J connectivity index is 0. The van der Waals surface area contributed by atoms with E-state index >= 15 is 0 Å². The molecule has 0 saturated carbocycles. The summed E-state index contributed by atoms with van der Waals surface area (Å²) >= 11 is 0. The maximum Gasteiger partial charge on any atom is 0.476 e. The number of ether oxygens (including phenoxy) is 3. The van der Waals surface area contributed by atoms with E-state index in [0.717, 1.165) is 19.6 Å². The van der Waals surface area contributed by atoms with E-state index < -0.39 is 23.9 Å². The average Bonchev–Trinajstić information content (AvgIpc) is 2.60. The van der Waals surface area contributed by atoms with Crippen molar-refractivity contribution in [2.24, 2.45) is 0 Å². The van der Waals surface area contributed by atoms with Crippen molar-refractivity contribution < 1.29 is 33.1 Å². The van der Waals surface area contributed by atoms with Crippen molar-refractivity contribution >= 4 is 26.3 Å². The molecule has 0 aliphatic rings. The molecule has 8 heteroatoms. The summed E-state index contributed by atoms with van der Waals surface area (Å²) in [5.41, 5.74) is 0. The van der Waals surface area contributed by atoms with Crippen LogP contribution in [-0.4, -0.2) is 63.0 Å². The molecule has 0 saturated heterocycles. The molecule has 28 heavy (non-hydrogen) atoms. The quantitative estimate of drug-likeness (QED) is 0.193. The third kappa shape index (κ3) is 9.58. The van der Waals surface area contributed by atoms with E-state index in [-0.39, 0.29) is 34.2 Å². The molecular formula is C20H38BNO6. The first kappa shape index (κ1) is 28.6. The summed E-state index contributed by atoms with van der Waals surface area (Å²) < 4.78 is 17.1. The maximum atomic E-state index is 12.3. The van der Waals surface area contributed by atoms with E-state index in [1.165, 1.54) is 0 Å². The zero-order valence-electron chi connectivity index (χ0n) is 18.5. The Morgan fingerprint density at radius 1 is 0.643 bits per heavy atom. The molecule has 7 nitrogen and oxygen atoms in total. The Hall–Kier alpha value is -1.57. The lowest BCUT2D eigenvalue weighted by atomic mass is 10.2. The zero-order valence-corrected chi connectivity index (χ0v) is 18.5. The standard InChI is InChI=1S/C20H38NO6.B/c1-7-13-17(22)25-20(26-18(23)14-8-2,27-19(24)15-9-3)16-21(10-4,11-5)12-6;/h7-16H2,1-6H3;/q+1;-1. The van der Waals surface area contributed by atoms with Crippen LogP contribution in [0.4, 0.5) is 0 Å². The van der Waals surface area contributed by atoms with E-state index in [1.807, 2.05) is 41.5 Å². The number of hydrogen-bond acceptors (Lipinski definition) is 6. The molecule has 0 aromatic carbocycles. The molecule has 0 atom stereocenters. The van der Waals surface area contributed by atoms with Crippen molar-refractivity contribution in [1.29, 1.82) is 0 Å². The first-order valence-corrected chi connectivity index (χ1v) is 10.3. The molecule has 0 unspecified atom stereocenters. The van der Waals surface area contributed by atoms with Gasteiger partial charge in [-0.25, -0.2) is 0 Å². The second-order valence-corrected chi connectivity index (χ2v) is 6.80. The highest BCUT2D eigenvalue weighted by Gasteiger charge is 2.50. The fourth-order valence-electron chi connectivity index (χ4n) is 2.86. The van der Waals surface area contributed by atoms with Crippen molar-refractivity contribution in [3.8, 4) is 0 Å². The third-order valence-corrected chi connectivity index (χ3v) is 4.71. The number of nitrogens with zero attached hydrogens (tertiary/aromatic N) is 1. The number of hydrogen-bond donors (Lipinski definition) is 0. The molecule has 0 spiro atoms. The second-order valence-electron chi connectivity index (χ2n) is 6.80. The van der Waals surface area contributed by atoms with Gasteiger partial charge in [0, 0.05) is 19.3 Å². The van der Waals surface area contributed by atoms with Gasteiger partial charge in [0.2, 0.25) is 6.54 Å². The average molecular weight is 399 g/mol. The highest BCUT2D eigenvalue weighted by molar-refractivity contribution is 5.75. The lowest BCUT2D eigenvalue weighted by molar-refractivity contribution is -0.935. The summed E-state index contributed by atoms with van der Waals surface area (Å²) in [6.45, 7) is 13.8. The zero-order chi connectivity index (χ0) is 20.9. The van der Waals surface area contributed by atoms with Crippen LogP contribution < -0.4 is 0 Å². The van der Waals surface area contributed by atoms with E-state index in [4.69, 9.17) is 14.2 Å². The SMILES string of the molecule is CCCC(=O)OC(C[N+](CC)(CC)CC)(OC(=O)CCC)OC(=O)CCC.[B-]. The van der Waals surface area contributed by atoms with Gasteiger partial charge < -0.3 is 27.1 Å². The molecular weight excluding hydrogens is 361 g/mol. The van der Waals surface area contributed by atoms with Crippen molar-refractivity contribution in [2.45, 2.75) is 86.0 Å². The first-order chi connectivity index (χ1) is 12.8. The van der Waals surface area contributed by atoms with Crippen molar-refractivity contribution in [3.63, 3.8) is 0 Å². The molecule has 0 aliphatic carbocycles. The molecule has 0 amide bonds. The number of rotatable bonds is 14. The number of carbonyl (C=O) groups is 3. The van der Waals surface area contributed by atoms with Gasteiger partial charge in [-0.15, -0.1) is 0 Å². The van der Waals surface area contributed by atoms with Gasteiger partial charge in [0.25, 0.3) is 0 Å². The molecule has 0 rings (SSSR count). The number of likely N-dealkylation sites (N-methyl/N-ethyl adjacent to an activating group) is 1. The normalized spacial score (nSPS) is 11.4. The fourth-order valence-corrected chi connectivity index (χ4v) is 2.86. The van der Waals surface area contributed by atoms with Crippen LogP contribution in [0.5, 0.6) is 0 Å². The minimum atomic E-state index is -2.02. The summed E-state index contributed by atoms with van der Waals surface area (Å²) in [6.07, 6.45) is 2.20. The Labute approximate surface area is 172 Å². The summed E-state index contributed by atoms with van der Waals surface area (Å²) in [5, 5.41) is 0. The summed E-state index contributed by atoms with van der Waals surface area (Å²) in [7, 11) is 0. The predicted molar refractivity (Wildman–Crippen MR) is 108 cm³/mol. The lowest BCUT2D eigenvalue weighted by Gasteiger charge is -2.41. The van der Waals surface area contributed by atoms with Gasteiger partial charge in [0.05, 0.1) is 19.6 Å². The van der Waals surface area contributed by atoms with Crippen LogP contribution in [0.15, 0.2) is 0 Å². The number of carbonyl (C=O) groups excluding carboxylic acids is 3. The summed E-state index contributed by atoms with van der Waals surface area (Å²) in [4.78, 5) is 36.8. The number of esters is 3. The van der Waals surface area contributed by atoms with Crippen molar-refractivity contribution in [2.75, 3.05) is 26.2 Å². The van der Waals surface area contributed by atoms with Crippen LogP contribution in [-0.2, 0) is 28.6 Å². The van der Waals surface area contributed by atoms with Crippen LogP contribution >= 0.6 is 0 Å². The highest BCUT2D eigenvalue weighted by Crippen LogP contribution is 2.25. The smallest absolute Gasteiger partial charge is 0.476 e. The maximum absolute atomic E-state index is 12.3. The van der Waals surface area contributed by atoms with E-state index in [1.54, 1.807) is 0 Å². The Morgan fingerprint density at radius 3 is 1.14 bits per heavy atom. The van der Waals surface area contributed by atoms with E-state index in [0.29, 0.717) is 23.7 Å². The molecule has 162 valence electrons. The molecule has 4 radical (unpaired) electrons. The van der Waals surface area contributed by atoms with Gasteiger partial charge >= 0.3 is 23.9 Å². The predicted octanol–water partition coefficient (Wildman–Crippen LogP) is 3.17. The van der Waals surface area contributed by atoms with Crippen LogP contribution in [0.2, 0.25) is 0 Å². The second kappa shape index (κ2) is 14.4. The van der Waals surface area contributed by atoms with Gasteiger partial charge in [0.15, 0.2) is 0 Å². The third-order valence-electron chi connectivity index (χ3n) is 4.71. The van der Waals surface area contributed by atoms with E-state index in [2.05, 4.69) is 0 Å². The molecule has 0 bridgehead atoms. The molecule has 0 heterocycles. The minimum Gasteiger partial charge on any atom is -1.00 e. The van der Waals surface area contributed by atoms with Crippen LogP contribution in [0.25, 0.3) is 0 Å². The molecule has 0 aromatic rings. The van der Waals surface area contributed by atoms with Gasteiger partial charge in [-0.3, -0.25) is 14.4 Å². The van der Waals surface area contributed by atoms with Gasteiger partial charge in [-0.05, 0) is 40.0 Å². The van der Waals surface area contributed by atoms with E-state index in [9.17, 15) is 14.4 Å². The molecule has 0 fully saturated rings. The number of quaternary nitrogens is 1. The van der Waals surface area contributed by atoms with Crippen LogP contribution in [0.1, 0.15) is 80.1 Å². The Bertz CT molecular complexity index is 421. The fraction of sp³-hybridized carbons (Fsp3) is 0.850. The summed E-state index contributed by atoms with van der Waals surface area (Å²) in [6, 6.07) is 0. The lowest BCUT2D eigenvalue weighted by Crippen LogP contribution is -2.61. The Kier molecular flexibility index (Phi) is 14.8. The monoisotopic (exact) mass is 399 g/mol. The van der Waals surface area contributed by atoms with Gasteiger partial charge in [-0.2, -0.15) is 0 Å². The first-order valence-electron chi connectivity index (χ1n) is 10.3. The molecule has 0 aliphatic heterocycles. The largest absolute Gasteiger partial charge is 1.00 e. The van der Waals surface area contributed by atoms with Gasteiger partial charge in [-0.1, -0.05) is 20.8 Å². The van der Waals surface area contributed by atoms with Gasteiger partial charge in [0.1, 0.15) is 0 Å². The van der Waals surface area contributed by atoms with Crippen molar-refractivity contribution in [1.82, 2.24) is 0 Å². The summed E-state index contributed by atoms with van der Waals surface area (Å²) in [5.74, 6) is -3.67. The van der Waals surface area contributed by atoms with Crippen molar-refractivity contribution in [3.05, 3.63) is 0 Å². The minimum absolute atomic E-state index is 0. The van der Waals surface area contributed by atoms with Crippen LogP contribution in [0.3, 0.4) is 0 Å². The Morgan fingerprint density at radius 2 is 0.929 bits per heavy atom. The molecule has 0 aromatic heterocycles. The van der Waals surface area contributed by atoms with Crippen LogP contribution in [0, 0.1) is 0 Å². The topological polar surface area (TPSA) is 78.9 Å². The molecule has 0 N–H and O–H groups in total.